The van der Waals surface area contributed by atoms with Crippen molar-refractivity contribution in [1.29, 1.82) is 0 Å². The van der Waals surface area contributed by atoms with Crippen LogP contribution in [0, 0.1) is 6.92 Å². The highest BCUT2D eigenvalue weighted by Crippen LogP contribution is 2.30. The summed E-state index contributed by atoms with van der Waals surface area (Å²) < 4.78 is 0. The van der Waals surface area contributed by atoms with Gasteiger partial charge in [-0.15, -0.1) is 0 Å². The molecule has 0 unspecified atom stereocenters. The van der Waals surface area contributed by atoms with Gasteiger partial charge < -0.3 is 0 Å². The zero-order valence-corrected chi connectivity index (χ0v) is 10.8. The van der Waals surface area contributed by atoms with Gasteiger partial charge in [0.2, 0.25) is 0 Å². The molecule has 82 valence electrons. The Hall–Kier alpha value is -0.440. The van der Waals surface area contributed by atoms with Gasteiger partial charge in [0, 0.05) is 28.7 Å². The van der Waals surface area contributed by atoms with Crippen molar-refractivity contribution in [2.75, 3.05) is 0 Å². The van der Waals surface area contributed by atoms with Crippen LogP contribution in [-0.4, -0.2) is 9.97 Å². The molecule has 1 aliphatic rings. The van der Waals surface area contributed by atoms with Crippen molar-refractivity contribution in [2.24, 2.45) is 0 Å². The van der Waals surface area contributed by atoms with Crippen molar-refractivity contribution < 1.29 is 0 Å². The molecule has 1 aromatic rings. The molecule has 1 aromatic heterocycles. The normalized spacial score (nSPS) is 18.0. The van der Waals surface area contributed by atoms with Crippen LogP contribution in [-0.2, 0) is 5.33 Å². The van der Waals surface area contributed by atoms with Crippen molar-refractivity contribution in [3.8, 4) is 0 Å². The number of hydrogen-bond donors (Lipinski definition) is 0. The van der Waals surface area contributed by atoms with Crippen LogP contribution in [0.4, 0.5) is 0 Å². The standard InChI is InChI=1S/C12H17BrN2/c1-9-11(7-13)8-14-12(15-9)10-5-3-2-4-6-10/h8,10H,2-7H2,1H3. The second-order valence-electron chi connectivity index (χ2n) is 4.31. The molecule has 1 saturated carbocycles. The van der Waals surface area contributed by atoms with Gasteiger partial charge in [-0.25, -0.2) is 9.97 Å². The fourth-order valence-electron chi connectivity index (χ4n) is 2.20. The number of rotatable bonds is 2. The van der Waals surface area contributed by atoms with E-state index in [0.717, 1.165) is 16.8 Å². The number of aryl methyl sites for hydroxylation is 1. The van der Waals surface area contributed by atoms with Crippen LogP contribution in [0.25, 0.3) is 0 Å². The molecule has 0 bridgehead atoms. The topological polar surface area (TPSA) is 25.8 Å². The Bertz CT molecular complexity index is 332. The molecule has 0 aliphatic heterocycles. The van der Waals surface area contributed by atoms with Crippen LogP contribution < -0.4 is 0 Å². The molecule has 15 heavy (non-hydrogen) atoms. The average molecular weight is 269 g/mol. The quantitative estimate of drug-likeness (QED) is 0.764. The van der Waals surface area contributed by atoms with Crippen molar-refractivity contribution in [1.82, 2.24) is 9.97 Å². The summed E-state index contributed by atoms with van der Waals surface area (Å²) in [5, 5.41) is 0.851. The van der Waals surface area contributed by atoms with Gasteiger partial charge in [0.05, 0.1) is 0 Å². The maximum Gasteiger partial charge on any atom is 0.131 e. The molecule has 3 heteroatoms. The van der Waals surface area contributed by atoms with Crippen LogP contribution >= 0.6 is 15.9 Å². The van der Waals surface area contributed by atoms with Gasteiger partial charge in [0.1, 0.15) is 5.82 Å². The summed E-state index contributed by atoms with van der Waals surface area (Å²) in [6.07, 6.45) is 8.58. The molecule has 0 atom stereocenters. The van der Waals surface area contributed by atoms with Crippen LogP contribution in [0.5, 0.6) is 0 Å². The van der Waals surface area contributed by atoms with Crippen LogP contribution in [0.3, 0.4) is 0 Å². The van der Waals surface area contributed by atoms with Crippen molar-refractivity contribution in [2.45, 2.75) is 50.3 Å². The minimum atomic E-state index is 0.613. The average Bonchev–Trinajstić information content (AvgIpc) is 2.30. The van der Waals surface area contributed by atoms with Gasteiger partial charge in [-0.1, -0.05) is 35.2 Å². The summed E-state index contributed by atoms with van der Waals surface area (Å²) in [4.78, 5) is 9.12. The number of nitrogens with zero attached hydrogens (tertiary/aromatic N) is 2. The molecule has 1 heterocycles. The monoisotopic (exact) mass is 268 g/mol. The fourth-order valence-corrected chi connectivity index (χ4v) is 2.75. The Morgan fingerprint density at radius 2 is 2.07 bits per heavy atom. The largest absolute Gasteiger partial charge is 0.241 e. The second-order valence-corrected chi connectivity index (χ2v) is 4.87. The highest BCUT2D eigenvalue weighted by molar-refractivity contribution is 9.08. The van der Waals surface area contributed by atoms with E-state index < -0.39 is 0 Å². The van der Waals surface area contributed by atoms with E-state index in [1.165, 1.54) is 37.7 Å². The first-order valence-electron chi connectivity index (χ1n) is 5.69. The van der Waals surface area contributed by atoms with Gasteiger partial charge in [-0.2, -0.15) is 0 Å². The first kappa shape index (κ1) is 11.1. The zero-order chi connectivity index (χ0) is 10.7. The number of hydrogen-bond acceptors (Lipinski definition) is 2. The molecule has 0 radical (unpaired) electrons. The lowest BCUT2D eigenvalue weighted by Gasteiger charge is -2.20. The van der Waals surface area contributed by atoms with E-state index in [0.29, 0.717) is 5.92 Å². The molecular formula is C12H17BrN2. The molecule has 0 N–H and O–H groups in total. The van der Waals surface area contributed by atoms with Crippen LogP contribution in [0.2, 0.25) is 0 Å². The van der Waals surface area contributed by atoms with E-state index in [2.05, 4.69) is 32.8 Å². The molecule has 2 nitrogen and oxygen atoms in total. The Morgan fingerprint density at radius 3 is 2.67 bits per heavy atom. The minimum absolute atomic E-state index is 0.613. The summed E-state index contributed by atoms with van der Waals surface area (Å²) in [7, 11) is 0. The molecule has 0 aromatic carbocycles. The SMILES string of the molecule is Cc1nc(C2CCCCC2)ncc1CBr. The molecule has 0 amide bonds. The van der Waals surface area contributed by atoms with Crippen LogP contribution in [0.15, 0.2) is 6.20 Å². The summed E-state index contributed by atoms with van der Waals surface area (Å²) >= 11 is 3.45. The first-order chi connectivity index (χ1) is 7.31. The van der Waals surface area contributed by atoms with E-state index >= 15 is 0 Å². The van der Waals surface area contributed by atoms with Crippen molar-refractivity contribution >= 4 is 15.9 Å². The summed E-state index contributed by atoms with van der Waals surface area (Å²) in [6.45, 7) is 2.07. The third-order valence-electron chi connectivity index (χ3n) is 3.21. The van der Waals surface area contributed by atoms with E-state index in [9.17, 15) is 0 Å². The van der Waals surface area contributed by atoms with Gasteiger partial charge >= 0.3 is 0 Å². The maximum atomic E-state index is 4.63. The third kappa shape index (κ3) is 2.57. The lowest BCUT2D eigenvalue weighted by atomic mass is 9.88. The van der Waals surface area contributed by atoms with Gasteiger partial charge in [-0.05, 0) is 19.8 Å². The summed E-state index contributed by atoms with van der Waals surface area (Å²) in [5.74, 6) is 1.68. The lowest BCUT2D eigenvalue weighted by Crippen LogP contribution is -2.10. The Kier molecular flexibility index (Phi) is 3.73. The highest BCUT2D eigenvalue weighted by Gasteiger charge is 2.18. The van der Waals surface area contributed by atoms with E-state index in [4.69, 9.17) is 0 Å². The second kappa shape index (κ2) is 5.06. The lowest BCUT2D eigenvalue weighted by molar-refractivity contribution is 0.427. The fraction of sp³-hybridized carbons (Fsp3) is 0.667. The van der Waals surface area contributed by atoms with Crippen LogP contribution in [0.1, 0.15) is 55.1 Å². The molecule has 1 fully saturated rings. The molecule has 0 spiro atoms. The van der Waals surface area contributed by atoms with E-state index in [-0.39, 0.29) is 0 Å². The highest BCUT2D eigenvalue weighted by atomic mass is 79.9. The number of aromatic nitrogens is 2. The van der Waals surface area contributed by atoms with Gasteiger partial charge in [-0.3, -0.25) is 0 Å². The molecule has 1 aliphatic carbocycles. The Balaban J connectivity index is 2.17. The zero-order valence-electron chi connectivity index (χ0n) is 9.17. The molecule has 0 saturated heterocycles. The smallest absolute Gasteiger partial charge is 0.131 e. The minimum Gasteiger partial charge on any atom is -0.241 e. The third-order valence-corrected chi connectivity index (χ3v) is 3.82. The predicted octanol–water partition coefficient (Wildman–Crippen LogP) is 3.73. The predicted molar refractivity (Wildman–Crippen MR) is 65.2 cm³/mol. The van der Waals surface area contributed by atoms with Gasteiger partial charge in [0.15, 0.2) is 0 Å². The van der Waals surface area contributed by atoms with E-state index in [1.54, 1.807) is 0 Å². The Labute approximate surface area is 99.7 Å². The summed E-state index contributed by atoms with van der Waals surface area (Å²) in [6, 6.07) is 0. The molecule has 2 rings (SSSR count). The molecular weight excluding hydrogens is 252 g/mol. The first-order valence-corrected chi connectivity index (χ1v) is 6.82. The number of halogens is 1. The van der Waals surface area contributed by atoms with Crippen molar-refractivity contribution in [3.05, 3.63) is 23.3 Å². The number of alkyl halides is 1. The maximum absolute atomic E-state index is 4.63. The summed E-state index contributed by atoms with van der Waals surface area (Å²) in [5.41, 5.74) is 2.33. The van der Waals surface area contributed by atoms with Gasteiger partial charge in [0.25, 0.3) is 0 Å². The Morgan fingerprint density at radius 1 is 1.33 bits per heavy atom. The van der Waals surface area contributed by atoms with E-state index in [1.807, 2.05) is 6.20 Å². The van der Waals surface area contributed by atoms with Crippen molar-refractivity contribution in [3.63, 3.8) is 0 Å².